The Balaban J connectivity index is 1.81. The van der Waals surface area contributed by atoms with E-state index in [4.69, 9.17) is 0 Å². The third-order valence-corrected chi connectivity index (χ3v) is 5.42. The average Bonchev–Trinajstić information content (AvgIpc) is 2.84. The number of nitrogens with zero attached hydrogens (tertiary/aromatic N) is 4. The molecule has 0 aliphatic rings. The van der Waals surface area contributed by atoms with Gasteiger partial charge in [-0.25, -0.2) is 9.97 Å². The summed E-state index contributed by atoms with van der Waals surface area (Å²) in [6.07, 6.45) is 1.37. The predicted octanol–water partition coefficient (Wildman–Crippen LogP) is 6.05. The first-order valence-electron chi connectivity index (χ1n) is 10.8. The van der Waals surface area contributed by atoms with Gasteiger partial charge in [0, 0.05) is 12.2 Å². The van der Waals surface area contributed by atoms with Crippen molar-refractivity contribution in [1.29, 1.82) is 0 Å². The number of hydrogen-bond donors (Lipinski definition) is 1. The Bertz CT molecular complexity index is 1190. The standard InChI is InChI=1S/C26H25N5O2/c1-3-30(22-16-10-11-19(2)17-22)26-24(31(32)33)25(27-18-28-26)29-23(20-12-6-4-7-13-20)21-14-8-5-9-15-21/h4-18,23H,3H2,1-2H3,(H,27,28,29). The summed E-state index contributed by atoms with van der Waals surface area (Å²) in [5.41, 5.74) is 3.70. The molecule has 0 radical (unpaired) electrons. The van der Waals surface area contributed by atoms with Gasteiger partial charge in [0.05, 0.1) is 11.0 Å². The molecule has 0 aliphatic carbocycles. The second-order valence-corrected chi connectivity index (χ2v) is 7.63. The molecule has 7 heteroatoms. The predicted molar refractivity (Wildman–Crippen MR) is 131 cm³/mol. The van der Waals surface area contributed by atoms with Crippen LogP contribution in [0.1, 0.15) is 29.7 Å². The first kappa shape index (κ1) is 22.0. The molecule has 0 aliphatic heterocycles. The van der Waals surface area contributed by atoms with E-state index in [0.717, 1.165) is 22.4 Å². The lowest BCUT2D eigenvalue weighted by Crippen LogP contribution is -2.21. The van der Waals surface area contributed by atoms with E-state index in [0.29, 0.717) is 6.54 Å². The number of rotatable bonds is 8. The van der Waals surface area contributed by atoms with Gasteiger partial charge >= 0.3 is 5.69 Å². The minimum Gasteiger partial charge on any atom is -0.353 e. The van der Waals surface area contributed by atoms with Crippen LogP contribution >= 0.6 is 0 Å². The highest BCUT2D eigenvalue weighted by atomic mass is 16.6. The molecular formula is C26H25N5O2. The van der Waals surface area contributed by atoms with Gasteiger partial charge in [0.2, 0.25) is 11.6 Å². The summed E-state index contributed by atoms with van der Waals surface area (Å²) in [5, 5.41) is 15.6. The summed E-state index contributed by atoms with van der Waals surface area (Å²) in [6, 6.07) is 27.1. The zero-order chi connectivity index (χ0) is 23.2. The van der Waals surface area contributed by atoms with Gasteiger partial charge in [-0.1, -0.05) is 72.8 Å². The lowest BCUT2D eigenvalue weighted by molar-refractivity contribution is -0.383. The summed E-state index contributed by atoms with van der Waals surface area (Å²) in [6.45, 7) is 4.45. The molecular weight excluding hydrogens is 414 g/mol. The molecule has 4 rings (SSSR count). The molecule has 0 atom stereocenters. The SMILES string of the molecule is CCN(c1cccc(C)c1)c1ncnc(NC(c2ccccc2)c2ccccc2)c1[N+](=O)[O-]. The number of anilines is 3. The Morgan fingerprint density at radius 1 is 0.939 bits per heavy atom. The monoisotopic (exact) mass is 439 g/mol. The molecule has 0 fully saturated rings. The Morgan fingerprint density at radius 3 is 2.12 bits per heavy atom. The molecule has 33 heavy (non-hydrogen) atoms. The van der Waals surface area contributed by atoms with Gasteiger partial charge in [-0.05, 0) is 42.7 Å². The highest BCUT2D eigenvalue weighted by Crippen LogP contribution is 2.38. The summed E-state index contributed by atoms with van der Waals surface area (Å²) in [5.74, 6) is 0.430. The van der Waals surface area contributed by atoms with Crippen LogP contribution < -0.4 is 10.2 Å². The minimum atomic E-state index is -0.414. The van der Waals surface area contributed by atoms with Crippen molar-refractivity contribution in [2.24, 2.45) is 0 Å². The van der Waals surface area contributed by atoms with Crippen LogP contribution in [0.4, 0.5) is 23.0 Å². The molecule has 1 N–H and O–H groups in total. The number of benzene rings is 3. The summed E-state index contributed by atoms with van der Waals surface area (Å²) < 4.78 is 0. The van der Waals surface area contributed by atoms with E-state index < -0.39 is 4.92 Å². The van der Waals surface area contributed by atoms with Crippen LogP contribution in [-0.4, -0.2) is 21.4 Å². The molecule has 1 aromatic heterocycles. The zero-order valence-corrected chi connectivity index (χ0v) is 18.6. The zero-order valence-electron chi connectivity index (χ0n) is 18.6. The summed E-state index contributed by atoms with van der Waals surface area (Å²) in [4.78, 5) is 22.3. The third-order valence-electron chi connectivity index (χ3n) is 5.42. The first-order valence-corrected chi connectivity index (χ1v) is 10.8. The van der Waals surface area contributed by atoms with Crippen molar-refractivity contribution in [2.45, 2.75) is 19.9 Å². The molecule has 7 nitrogen and oxygen atoms in total. The first-order chi connectivity index (χ1) is 16.1. The smallest absolute Gasteiger partial charge is 0.353 e. The number of aromatic nitrogens is 2. The maximum atomic E-state index is 12.3. The lowest BCUT2D eigenvalue weighted by Gasteiger charge is -2.24. The largest absolute Gasteiger partial charge is 0.353 e. The summed E-state index contributed by atoms with van der Waals surface area (Å²) in [7, 11) is 0. The van der Waals surface area contributed by atoms with Crippen LogP contribution in [-0.2, 0) is 0 Å². The van der Waals surface area contributed by atoms with E-state index in [-0.39, 0.29) is 23.4 Å². The van der Waals surface area contributed by atoms with Gasteiger partial charge in [-0.2, -0.15) is 0 Å². The van der Waals surface area contributed by atoms with E-state index in [9.17, 15) is 10.1 Å². The molecule has 0 amide bonds. The normalized spacial score (nSPS) is 10.8. The van der Waals surface area contributed by atoms with Gasteiger partial charge in [-0.3, -0.25) is 10.1 Å². The van der Waals surface area contributed by atoms with Crippen molar-refractivity contribution in [3.8, 4) is 0 Å². The maximum Gasteiger partial charge on any atom is 0.353 e. The van der Waals surface area contributed by atoms with Crippen molar-refractivity contribution >= 4 is 23.0 Å². The second kappa shape index (κ2) is 9.91. The number of hydrogen-bond acceptors (Lipinski definition) is 6. The van der Waals surface area contributed by atoms with E-state index in [1.807, 2.05) is 104 Å². The van der Waals surface area contributed by atoms with Crippen LogP contribution in [0.2, 0.25) is 0 Å². The minimum absolute atomic E-state index is 0.155. The molecule has 0 unspecified atom stereocenters. The van der Waals surface area contributed by atoms with Gasteiger partial charge in [-0.15, -0.1) is 0 Å². The lowest BCUT2D eigenvalue weighted by atomic mass is 9.98. The number of nitro groups is 1. The van der Waals surface area contributed by atoms with Crippen LogP contribution in [0.15, 0.2) is 91.3 Å². The van der Waals surface area contributed by atoms with Gasteiger partial charge < -0.3 is 10.2 Å². The number of aryl methyl sites for hydroxylation is 1. The second-order valence-electron chi connectivity index (χ2n) is 7.63. The molecule has 0 spiro atoms. The molecule has 0 saturated carbocycles. The molecule has 4 aromatic rings. The van der Waals surface area contributed by atoms with Crippen molar-refractivity contribution in [2.75, 3.05) is 16.8 Å². The molecule has 166 valence electrons. The van der Waals surface area contributed by atoms with Crippen molar-refractivity contribution in [3.05, 3.63) is 118 Å². The van der Waals surface area contributed by atoms with Crippen LogP contribution in [0.25, 0.3) is 0 Å². The summed E-state index contributed by atoms with van der Waals surface area (Å²) >= 11 is 0. The van der Waals surface area contributed by atoms with Crippen LogP contribution in [0, 0.1) is 17.0 Å². The quantitative estimate of drug-likeness (QED) is 0.266. The Kier molecular flexibility index (Phi) is 6.59. The highest BCUT2D eigenvalue weighted by molar-refractivity contribution is 5.76. The van der Waals surface area contributed by atoms with Crippen molar-refractivity contribution in [1.82, 2.24) is 9.97 Å². The van der Waals surface area contributed by atoms with E-state index in [2.05, 4.69) is 15.3 Å². The van der Waals surface area contributed by atoms with E-state index >= 15 is 0 Å². The molecule has 0 saturated heterocycles. The Hall–Kier alpha value is -4.26. The fourth-order valence-corrected chi connectivity index (χ4v) is 3.88. The molecule has 1 heterocycles. The van der Waals surface area contributed by atoms with E-state index in [1.165, 1.54) is 6.33 Å². The van der Waals surface area contributed by atoms with Gasteiger partial charge in [0.1, 0.15) is 6.33 Å². The average molecular weight is 440 g/mol. The maximum absolute atomic E-state index is 12.3. The van der Waals surface area contributed by atoms with E-state index in [1.54, 1.807) is 0 Å². The topological polar surface area (TPSA) is 84.2 Å². The fraction of sp³-hybridized carbons (Fsp3) is 0.154. The molecule has 0 bridgehead atoms. The fourth-order valence-electron chi connectivity index (χ4n) is 3.88. The van der Waals surface area contributed by atoms with Crippen molar-refractivity contribution in [3.63, 3.8) is 0 Å². The Morgan fingerprint density at radius 2 is 1.58 bits per heavy atom. The van der Waals surface area contributed by atoms with Crippen molar-refractivity contribution < 1.29 is 4.92 Å². The Labute approximate surface area is 192 Å². The van der Waals surface area contributed by atoms with Gasteiger partial charge in [0.25, 0.3) is 0 Å². The third kappa shape index (κ3) is 4.82. The van der Waals surface area contributed by atoms with Gasteiger partial charge in [0.15, 0.2) is 0 Å². The van der Waals surface area contributed by atoms with Crippen LogP contribution in [0.3, 0.4) is 0 Å². The highest BCUT2D eigenvalue weighted by Gasteiger charge is 2.29. The molecule has 3 aromatic carbocycles. The number of nitrogens with one attached hydrogen (secondary N) is 1. The van der Waals surface area contributed by atoms with Crippen LogP contribution in [0.5, 0.6) is 0 Å².